The van der Waals surface area contributed by atoms with Gasteiger partial charge in [-0.15, -0.1) is 24.8 Å². The molecule has 0 N–H and O–H groups in total. The topological polar surface area (TPSA) is 36.4 Å². The van der Waals surface area contributed by atoms with Crippen LogP contribution in [0.5, 0.6) is 0 Å². The van der Waals surface area contributed by atoms with Gasteiger partial charge in [0.1, 0.15) is 0 Å². The third-order valence-corrected chi connectivity index (χ3v) is 7.58. The standard InChI is InChI=1S/C32H29F6N3O.2ClH/c33-31(34,35)26-18-25(19-27(20-26)32(36,37)38)30(42)41-15-14-40(13-5-9-28-8-3-4-12-39-28)21-29(41)17-22-10-11-23-6-1-2-7-24(23)16-22;;/h1-4,6-8,10-12,16,18-20,29H,5,9,13-15,17,21H2;2*1H/t29-;;/m1../s1. The predicted molar refractivity (Wildman–Crippen MR) is 162 cm³/mol. The number of hydrogen-bond donors (Lipinski definition) is 0. The minimum atomic E-state index is -5.03. The van der Waals surface area contributed by atoms with Crippen LogP contribution in [0.2, 0.25) is 0 Å². The molecule has 0 spiro atoms. The second-order valence-electron chi connectivity index (χ2n) is 10.6. The quantitative estimate of drug-likeness (QED) is 0.188. The molecule has 1 amide bonds. The Morgan fingerprint density at radius 3 is 2.09 bits per heavy atom. The summed E-state index contributed by atoms with van der Waals surface area (Å²) in [5, 5.41) is 2.04. The number of carbonyl (C=O) groups excluding carboxylic acids is 1. The molecular weight excluding hydrogens is 627 g/mol. The van der Waals surface area contributed by atoms with Crippen LogP contribution in [-0.4, -0.2) is 52.9 Å². The maximum absolute atomic E-state index is 13.6. The Morgan fingerprint density at radius 2 is 1.45 bits per heavy atom. The molecule has 236 valence electrons. The smallest absolute Gasteiger partial charge is 0.333 e. The fraction of sp³-hybridized carbons (Fsp3) is 0.312. The van der Waals surface area contributed by atoms with E-state index in [4.69, 9.17) is 0 Å². The first-order valence-electron chi connectivity index (χ1n) is 13.7. The van der Waals surface area contributed by atoms with E-state index < -0.39 is 41.0 Å². The molecule has 0 bridgehead atoms. The third kappa shape index (κ3) is 8.64. The van der Waals surface area contributed by atoms with Crippen molar-refractivity contribution in [1.29, 1.82) is 0 Å². The summed E-state index contributed by atoms with van der Waals surface area (Å²) >= 11 is 0. The molecule has 4 nitrogen and oxygen atoms in total. The van der Waals surface area contributed by atoms with Crippen molar-refractivity contribution in [3.05, 3.63) is 113 Å². The van der Waals surface area contributed by atoms with Gasteiger partial charge in [-0.25, -0.2) is 0 Å². The summed E-state index contributed by atoms with van der Waals surface area (Å²) < 4.78 is 81.1. The Balaban J connectivity index is 0.00000264. The summed E-state index contributed by atoms with van der Waals surface area (Å²) in [6, 6.07) is 20.0. The summed E-state index contributed by atoms with van der Waals surface area (Å²) in [6.45, 7) is 1.78. The van der Waals surface area contributed by atoms with E-state index in [-0.39, 0.29) is 37.4 Å². The molecule has 0 radical (unpaired) electrons. The van der Waals surface area contributed by atoms with Crippen molar-refractivity contribution in [2.75, 3.05) is 26.2 Å². The molecule has 1 atom stereocenters. The number of hydrogen-bond acceptors (Lipinski definition) is 3. The van der Waals surface area contributed by atoms with Gasteiger partial charge in [-0.2, -0.15) is 26.3 Å². The molecule has 1 saturated heterocycles. The van der Waals surface area contributed by atoms with Gasteiger partial charge in [0.25, 0.3) is 5.91 Å². The number of pyridine rings is 1. The lowest BCUT2D eigenvalue weighted by atomic mass is 9.97. The van der Waals surface area contributed by atoms with Crippen molar-refractivity contribution < 1.29 is 31.1 Å². The van der Waals surface area contributed by atoms with E-state index in [9.17, 15) is 31.1 Å². The molecule has 0 saturated carbocycles. The lowest BCUT2D eigenvalue weighted by Crippen LogP contribution is -2.56. The number of piperazine rings is 1. The highest BCUT2D eigenvalue weighted by molar-refractivity contribution is 5.95. The van der Waals surface area contributed by atoms with E-state index in [1.807, 2.05) is 60.7 Å². The van der Waals surface area contributed by atoms with Crippen LogP contribution in [0.15, 0.2) is 85.1 Å². The molecular formula is C32H31Cl2F6N3O. The molecule has 4 aromatic rings. The van der Waals surface area contributed by atoms with E-state index in [1.165, 1.54) is 4.90 Å². The van der Waals surface area contributed by atoms with Gasteiger partial charge < -0.3 is 4.90 Å². The fourth-order valence-corrected chi connectivity index (χ4v) is 5.48. The maximum Gasteiger partial charge on any atom is 0.416 e. The second kappa shape index (κ2) is 14.6. The highest BCUT2D eigenvalue weighted by Crippen LogP contribution is 2.37. The van der Waals surface area contributed by atoms with E-state index in [2.05, 4.69) is 9.88 Å². The van der Waals surface area contributed by atoms with Crippen LogP contribution in [0.25, 0.3) is 10.8 Å². The van der Waals surface area contributed by atoms with E-state index in [1.54, 1.807) is 6.20 Å². The predicted octanol–water partition coefficient (Wildman–Crippen LogP) is 8.12. The molecule has 1 aliphatic rings. The van der Waals surface area contributed by atoms with Crippen LogP contribution in [0.3, 0.4) is 0 Å². The first-order valence-corrected chi connectivity index (χ1v) is 13.7. The number of aryl methyl sites for hydroxylation is 1. The number of carbonyl (C=O) groups is 1. The van der Waals surface area contributed by atoms with Gasteiger partial charge in [0.05, 0.1) is 11.1 Å². The molecule has 1 aromatic heterocycles. The number of aromatic nitrogens is 1. The highest BCUT2D eigenvalue weighted by atomic mass is 35.5. The average Bonchev–Trinajstić information content (AvgIpc) is 2.96. The van der Waals surface area contributed by atoms with Gasteiger partial charge in [-0.3, -0.25) is 14.7 Å². The molecule has 0 aliphatic carbocycles. The molecule has 1 aliphatic heterocycles. The van der Waals surface area contributed by atoms with Crippen LogP contribution >= 0.6 is 24.8 Å². The SMILES string of the molecule is Cl.Cl.O=C(c1cc(C(F)(F)F)cc(C(F)(F)F)c1)N1CCN(CCCc2ccccn2)C[C@H]1Cc1ccc2ccccc2c1. The summed E-state index contributed by atoms with van der Waals surface area (Å²) in [5.41, 5.74) is -1.74. The first-order chi connectivity index (χ1) is 20.0. The van der Waals surface area contributed by atoms with Crippen LogP contribution in [0.1, 0.15) is 39.2 Å². The molecule has 44 heavy (non-hydrogen) atoms. The maximum atomic E-state index is 13.6. The fourth-order valence-electron chi connectivity index (χ4n) is 5.48. The largest absolute Gasteiger partial charge is 0.416 e. The van der Waals surface area contributed by atoms with Gasteiger partial charge in [-0.1, -0.05) is 48.5 Å². The molecule has 12 heteroatoms. The summed E-state index contributed by atoms with van der Waals surface area (Å²) in [5.74, 6) is -0.842. The monoisotopic (exact) mass is 657 g/mol. The number of fused-ring (bicyclic) bond motifs is 1. The van der Waals surface area contributed by atoms with E-state index in [0.29, 0.717) is 38.2 Å². The average molecular weight is 659 g/mol. The van der Waals surface area contributed by atoms with Crippen molar-refractivity contribution >= 4 is 41.5 Å². The summed E-state index contributed by atoms with van der Waals surface area (Å²) in [7, 11) is 0. The van der Waals surface area contributed by atoms with Gasteiger partial charge >= 0.3 is 12.4 Å². The minimum Gasteiger partial charge on any atom is -0.333 e. The van der Waals surface area contributed by atoms with Crippen LogP contribution in [-0.2, 0) is 25.2 Å². The van der Waals surface area contributed by atoms with Crippen molar-refractivity contribution in [2.45, 2.75) is 37.7 Å². The Kier molecular flexibility index (Phi) is 11.7. The zero-order chi connectivity index (χ0) is 29.9. The minimum absolute atomic E-state index is 0. The Bertz CT molecular complexity index is 1520. The normalized spacial score (nSPS) is 15.9. The summed E-state index contributed by atoms with van der Waals surface area (Å²) in [6.07, 6.45) is -6.36. The Morgan fingerprint density at radius 1 is 0.795 bits per heavy atom. The number of rotatable bonds is 7. The molecule has 0 unspecified atom stereocenters. The van der Waals surface area contributed by atoms with Crippen LogP contribution in [0, 0.1) is 0 Å². The summed E-state index contributed by atoms with van der Waals surface area (Å²) in [4.78, 5) is 21.6. The van der Waals surface area contributed by atoms with Crippen molar-refractivity contribution in [1.82, 2.24) is 14.8 Å². The van der Waals surface area contributed by atoms with Crippen LogP contribution in [0.4, 0.5) is 26.3 Å². The Hall–Kier alpha value is -3.34. The number of halogens is 8. The Labute approximate surface area is 263 Å². The lowest BCUT2D eigenvalue weighted by Gasteiger charge is -2.42. The van der Waals surface area contributed by atoms with Crippen LogP contribution < -0.4 is 0 Å². The van der Waals surface area contributed by atoms with Gasteiger partial charge in [0.2, 0.25) is 0 Å². The van der Waals surface area contributed by atoms with E-state index >= 15 is 0 Å². The second-order valence-corrected chi connectivity index (χ2v) is 10.6. The molecule has 2 heterocycles. The number of nitrogens with zero attached hydrogens (tertiary/aromatic N) is 3. The van der Waals surface area contributed by atoms with Crippen molar-refractivity contribution in [2.24, 2.45) is 0 Å². The van der Waals surface area contributed by atoms with E-state index in [0.717, 1.165) is 34.9 Å². The zero-order valence-electron chi connectivity index (χ0n) is 23.4. The van der Waals surface area contributed by atoms with Crippen molar-refractivity contribution in [3.63, 3.8) is 0 Å². The highest BCUT2D eigenvalue weighted by Gasteiger charge is 2.39. The zero-order valence-corrected chi connectivity index (χ0v) is 25.1. The third-order valence-electron chi connectivity index (χ3n) is 7.58. The van der Waals surface area contributed by atoms with Crippen molar-refractivity contribution in [3.8, 4) is 0 Å². The number of alkyl halides is 6. The lowest BCUT2D eigenvalue weighted by molar-refractivity contribution is -0.143. The van der Waals surface area contributed by atoms with Gasteiger partial charge in [0.15, 0.2) is 0 Å². The number of benzene rings is 3. The van der Waals surface area contributed by atoms with Gasteiger partial charge in [-0.05, 0) is 72.5 Å². The number of amides is 1. The van der Waals surface area contributed by atoms with Gasteiger partial charge in [0, 0.05) is 43.1 Å². The molecule has 1 fully saturated rings. The molecule has 3 aromatic carbocycles. The first kappa shape index (κ1) is 35.1. The molecule has 5 rings (SSSR count).